The first-order chi connectivity index (χ1) is 13.5. The number of esters is 1. The lowest BCUT2D eigenvalue weighted by atomic mass is 10.2. The van der Waals surface area contributed by atoms with E-state index in [1.165, 1.54) is 32.7 Å². The average Bonchev–Trinajstić information content (AvgIpc) is 3.02. The molecule has 0 aliphatic heterocycles. The van der Waals surface area contributed by atoms with Crippen LogP contribution in [0.5, 0.6) is 11.5 Å². The Kier molecular flexibility index (Phi) is 5.79. The van der Waals surface area contributed by atoms with Gasteiger partial charge >= 0.3 is 5.97 Å². The Balaban J connectivity index is 2.17. The molecule has 0 aliphatic rings. The molecule has 0 saturated carbocycles. The van der Waals surface area contributed by atoms with Gasteiger partial charge in [0.15, 0.2) is 16.3 Å². The molecule has 0 spiro atoms. The molecule has 0 N–H and O–H groups in total. The summed E-state index contributed by atoms with van der Waals surface area (Å²) >= 11 is 1.33. The number of amides is 1. The van der Waals surface area contributed by atoms with Crippen LogP contribution in [0.1, 0.15) is 15.9 Å². The van der Waals surface area contributed by atoms with Crippen molar-refractivity contribution in [3.63, 3.8) is 0 Å². The molecular formula is C20H20N2O5S. The van der Waals surface area contributed by atoms with Crippen LogP contribution in [-0.2, 0) is 16.1 Å². The third kappa shape index (κ3) is 3.77. The molecule has 1 heterocycles. The number of rotatable bonds is 5. The fraction of sp³-hybridized carbons (Fsp3) is 0.250. The van der Waals surface area contributed by atoms with Gasteiger partial charge in [0, 0.05) is 0 Å². The lowest BCUT2D eigenvalue weighted by Gasteiger charge is -2.10. The molecule has 7 nitrogen and oxygen atoms in total. The standard InChI is InChI=1S/C20H20N2O5S/c1-12-8-9-14-16(10-12)28-20(22(14)11-17(23)26-3)21-19(24)13-6-5-7-15(25-2)18(13)27-4/h5-10H,11H2,1-4H3. The summed E-state index contributed by atoms with van der Waals surface area (Å²) < 4.78 is 18.0. The maximum absolute atomic E-state index is 12.9. The van der Waals surface area contributed by atoms with E-state index < -0.39 is 11.9 Å². The minimum Gasteiger partial charge on any atom is -0.493 e. The van der Waals surface area contributed by atoms with E-state index in [4.69, 9.17) is 14.2 Å². The van der Waals surface area contributed by atoms with Crippen molar-refractivity contribution >= 4 is 33.4 Å². The van der Waals surface area contributed by atoms with Crippen molar-refractivity contribution in [3.05, 3.63) is 52.3 Å². The third-order valence-corrected chi connectivity index (χ3v) is 5.22. The van der Waals surface area contributed by atoms with Crippen molar-refractivity contribution < 1.29 is 23.8 Å². The van der Waals surface area contributed by atoms with Crippen LogP contribution >= 0.6 is 11.3 Å². The molecule has 3 aromatic rings. The van der Waals surface area contributed by atoms with Gasteiger partial charge in [-0.05, 0) is 36.8 Å². The lowest BCUT2D eigenvalue weighted by molar-refractivity contribution is -0.141. The number of nitrogens with zero attached hydrogens (tertiary/aromatic N) is 2. The Morgan fingerprint density at radius 2 is 1.89 bits per heavy atom. The van der Waals surface area contributed by atoms with Crippen LogP contribution in [-0.4, -0.2) is 37.8 Å². The number of carbonyl (C=O) groups is 2. The van der Waals surface area contributed by atoms with Gasteiger partial charge < -0.3 is 18.8 Å². The topological polar surface area (TPSA) is 79.1 Å². The first-order valence-corrected chi connectivity index (χ1v) is 9.27. The molecule has 0 fully saturated rings. The summed E-state index contributed by atoms with van der Waals surface area (Å²) in [6.45, 7) is 1.94. The van der Waals surface area contributed by atoms with Gasteiger partial charge in [-0.1, -0.05) is 23.5 Å². The van der Waals surface area contributed by atoms with Crippen LogP contribution in [0.15, 0.2) is 41.4 Å². The number of benzene rings is 2. The van der Waals surface area contributed by atoms with Crippen molar-refractivity contribution in [3.8, 4) is 11.5 Å². The zero-order chi connectivity index (χ0) is 20.3. The number of thiazole rings is 1. The van der Waals surface area contributed by atoms with E-state index in [2.05, 4.69) is 4.99 Å². The zero-order valence-corrected chi connectivity index (χ0v) is 16.8. The van der Waals surface area contributed by atoms with Crippen LogP contribution < -0.4 is 14.3 Å². The monoisotopic (exact) mass is 400 g/mol. The Bertz CT molecular complexity index is 1110. The van der Waals surface area contributed by atoms with E-state index >= 15 is 0 Å². The molecule has 0 atom stereocenters. The van der Waals surface area contributed by atoms with Crippen molar-refractivity contribution in [2.45, 2.75) is 13.5 Å². The molecule has 8 heteroatoms. The highest BCUT2D eigenvalue weighted by molar-refractivity contribution is 7.16. The Morgan fingerprint density at radius 1 is 1.11 bits per heavy atom. The number of para-hydroxylation sites is 1. The molecule has 146 valence electrons. The van der Waals surface area contributed by atoms with Crippen LogP contribution in [0.3, 0.4) is 0 Å². The van der Waals surface area contributed by atoms with E-state index in [1.807, 2.05) is 25.1 Å². The molecule has 2 aromatic carbocycles. The highest BCUT2D eigenvalue weighted by Gasteiger charge is 2.17. The number of fused-ring (bicyclic) bond motifs is 1. The highest BCUT2D eigenvalue weighted by Crippen LogP contribution is 2.31. The van der Waals surface area contributed by atoms with Gasteiger partial charge in [-0.25, -0.2) is 0 Å². The number of aryl methyl sites for hydroxylation is 1. The van der Waals surface area contributed by atoms with Crippen molar-refractivity contribution in [1.29, 1.82) is 0 Å². The summed E-state index contributed by atoms with van der Waals surface area (Å²) in [5, 5.41) is 0. The molecule has 0 saturated heterocycles. The van der Waals surface area contributed by atoms with Crippen LogP contribution in [0.25, 0.3) is 10.2 Å². The Morgan fingerprint density at radius 3 is 2.57 bits per heavy atom. The average molecular weight is 400 g/mol. The van der Waals surface area contributed by atoms with Crippen LogP contribution in [0.4, 0.5) is 0 Å². The SMILES string of the molecule is COC(=O)Cn1c(=NC(=O)c2cccc(OC)c2OC)sc2cc(C)ccc21. The summed E-state index contributed by atoms with van der Waals surface area (Å²) in [7, 11) is 4.29. The first-order valence-electron chi connectivity index (χ1n) is 8.45. The lowest BCUT2D eigenvalue weighted by Crippen LogP contribution is -2.22. The molecule has 0 unspecified atom stereocenters. The second kappa shape index (κ2) is 8.26. The molecule has 1 aromatic heterocycles. The normalized spacial score (nSPS) is 11.5. The smallest absolute Gasteiger partial charge is 0.325 e. The second-order valence-corrected chi connectivity index (χ2v) is 6.99. The maximum atomic E-state index is 12.9. The molecular weight excluding hydrogens is 380 g/mol. The van der Waals surface area contributed by atoms with Crippen LogP contribution in [0, 0.1) is 6.92 Å². The molecule has 0 aliphatic carbocycles. The minimum atomic E-state index is -0.488. The van der Waals surface area contributed by atoms with Gasteiger partial charge in [0.2, 0.25) is 0 Å². The summed E-state index contributed by atoms with van der Waals surface area (Å²) in [4.78, 5) is 29.4. The molecule has 1 amide bonds. The second-order valence-electron chi connectivity index (χ2n) is 5.98. The van der Waals surface area contributed by atoms with Crippen LogP contribution in [0.2, 0.25) is 0 Å². The number of carbonyl (C=O) groups excluding carboxylic acids is 2. The minimum absolute atomic E-state index is 0.0408. The Labute approximate surface area is 165 Å². The predicted octanol–water partition coefficient (Wildman–Crippen LogP) is 2.94. The van der Waals surface area contributed by atoms with Gasteiger partial charge in [0.05, 0.1) is 37.1 Å². The Hall–Kier alpha value is -3.13. The number of hydrogen-bond donors (Lipinski definition) is 0. The quantitative estimate of drug-likeness (QED) is 0.615. The van der Waals surface area contributed by atoms with Crippen molar-refractivity contribution in [1.82, 2.24) is 4.57 Å². The van der Waals surface area contributed by atoms with E-state index in [0.29, 0.717) is 16.3 Å². The zero-order valence-electron chi connectivity index (χ0n) is 16.0. The summed E-state index contributed by atoms with van der Waals surface area (Å²) in [5.74, 6) is -0.154. The predicted molar refractivity (Wildman–Crippen MR) is 106 cm³/mol. The number of ether oxygens (including phenoxy) is 3. The van der Waals surface area contributed by atoms with Crippen molar-refractivity contribution in [2.75, 3.05) is 21.3 Å². The van der Waals surface area contributed by atoms with Crippen molar-refractivity contribution in [2.24, 2.45) is 4.99 Å². The summed E-state index contributed by atoms with van der Waals surface area (Å²) in [6.07, 6.45) is 0. The van der Waals surface area contributed by atoms with Gasteiger partial charge in [0.1, 0.15) is 6.54 Å². The fourth-order valence-electron chi connectivity index (χ4n) is 2.81. The van der Waals surface area contributed by atoms with E-state index in [9.17, 15) is 9.59 Å². The largest absolute Gasteiger partial charge is 0.493 e. The molecule has 0 radical (unpaired) electrons. The molecule has 0 bridgehead atoms. The number of methoxy groups -OCH3 is 3. The van der Waals surface area contributed by atoms with Gasteiger partial charge in [-0.2, -0.15) is 4.99 Å². The fourth-order valence-corrected chi connectivity index (χ4v) is 3.94. The number of hydrogen-bond acceptors (Lipinski definition) is 6. The van der Waals surface area contributed by atoms with E-state index in [1.54, 1.807) is 22.8 Å². The first kappa shape index (κ1) is 19.6. The summed E-state index contributed by atoms with van der Waals surface area (Å²) in [6, 6.07) is 10.9. The molecule has 28 heavy (non-hydrogen) atoms. The summed E-state index contributed by atoms with van der Waals surface area (Å²) in [5.41, 5.74) is 2.16. The van der Waals surface area contributed by atoms with E-state index in [0.717, 1.165) is 15.8 Å². The van der Waals surface area contributed by atoms with Gasteiger partial charge in [-0.3, -0.25) is 9.59 Å². The highest BCUT2D eigenvalue weighted by atomic mass is 32.1. The third-order valence-electron chi connectivity index (χ3n) is 4.18. The van der Waals surface area contributed by atoms with Gasteiger partial charge in [0.25, 0.3) is 5.91 Å². The molecule has 3 rings (SSSR count). The van der Waals surface area contributed by atoms with Gasteiger partial charge in [-0.15, -0.1) is 0 Å². The number of aromatic nitrogens is 1. The maximum Gasteiger partial charge on any atom is 0.325 e. The van der Waals surface area contributed by atoms with E-state index in [-0.39, 0.29) is 12.1 Å².